The molecule has 3 amide bonds. The Hall–Kier alpha value is -2.19. The molecule has 2 fully saturated rings. The van der Waals surface area contributed by atoms with E-state index >= 15 is 0 Å². The topological polar surface area (TPSA) is 79.9 Å². The van der Waals surface area contributed by atoms with Crippen LogP contribution in [0.3, 0.4) is 0 Å². The zero-order chi connectivity index (χ0) is 18.4. The van der Waals surface area contributed by atoms with Crippen LogP contribution in [0.2, 0.25) is 0 Å². The largest absolute Gasteiger partial charge is 0.348 e. The normalized spacial score (nSPS) is 20.8. The number of piperidine rings is 1. The van der Waals surface area contributed by atoms with E-state index < -0.39 is 6.03 Å². The number of carbonyl (C=O) groups excluding carboxylic acids is 2. The molecule has 2 heterocycles. The first-order chi connectivity index (χ1) is 12.6. The van der Waals surface area contributed by atoms with Crippen molar-refractivity contribution < 1.29 is 23.5 Å². The number of amides is 3. The van der Waals surface area contributed by atoms with Gasteiger partial charge in [-0.25, -0.2) is 9.18 Å². The van der Waals surface area contributed by atoms with E-state index in [-0.39, 0.29) is 37.1 Å². The zero-order valence-electron chi connectivity index (χ0n) is 14.6. The van der Waals surface area contributed by atoms with E-state index in [2.05, 4.69) is 10.6 Å². The Morgan fingerprint density at radius 2 is 1.85 bits per heavy atom. The van der Waals surface area contributed by atoms with Crippen LogP contribution in [0, 0.1) is 5.82 Å². The molecule has 1 atom stereocenters. The van der Waals surface area contributed by atoms with Crippen molar-refractivity contribution in [2.24, 2.45) is 0 Å². The molecule has 1 unspecified atom stereocenters. The highest BCUT2D eigenvalue weighted by Gasteiger charge is 2.36. The summed E-state index contributed by atoms with van der Waals surface area (Å²) < 4.78 is 24.0. The van der Waals surface area contributed by atoms with Gasteiger partial charge in [0.2, 0.25) is 5.91 Å². The predicted octanol–water partition coefficient (Wildman–Crippen LogP) is 1.38. The first-order valence-electron chi connectivity index (χ1n) is 8.92. The summed E-state index contributed by atoms with van der Waals surface area (Å²) in [5, 5.41) is 5.23. The number of benzene rings is 1. The molecular formula is C18H24FN3O4. The first-order valence-corrected chi connectivity index (χ1v) is 8.92. The summed E-state index contributed by atoms with van der Waals surface area (Å²) in [5.74, 6) is -0.471. The van der Waals surface area contributed by atoms with Crippen LogP contribution >= 0.6 is 0 Å². The summed E-state index contributed by atoms with van der Waals surface area (Å²) in [5.41, 5.74) is 0.777. The molecule has 1 aromatic carbocycles. The van der Waals surface area contributed by atoms with Crippen molar-refractivity contribution in [3.63, 3.8) is 0 Å². The number of urea groups is 1. The highest BCUT2D eigenvalue weighted by Crippen LogP contribution is 2.24. The average molecular weight is 365 g/mol. The van der Waals surface area contributed by atoms with Crippen LogP contribution in [0.1, 0.15) is 24.8 Å². The fourth-order valence-corrected chi connectivity index (χ4v) is 3.25. The molecule has 0 saturated carbocycles. The standard InChI is InChI=1S/C18H24FN3O4/c19-14-6-4-13(5-7-14)11-20-18(24)21-12-16(23)22-8-2-1-3-15(22)17-25-9-10-26-17/h4-7,15,17H,1-3,8-12H2,(H2,20,21,24). The minimum absolute atomic E-state index is 0.0849. The lowest BCUT2D eigenvalue weighted by atomic mass is 10.0. The van der Waals surface area contributed by atoms with E-state index in [1.807, 2.05) is 0 Å². The highest BCUT2D eigenvalue weighted by molar-refractivity contribution is 5.84. The number of rotatable bonds is 5. The van der Waals surface area contributed by atoms with Crippen molar-refractivity contribution in [2.45, 2.75) is 38.1 Å². The Balaban J connectivity index is 1.44. The number of nitrogens with one attached hydrogen (secondary N) is 2. The van der Waals surface area contributed by atoms with Gasteiger partial charge in [0, 0.05) is 13.1 Å². The molecule has 8 heteroatoms. The van der Waals surface area contributed by atoms with Gasteiger partial charge in [0.25, 0.3) is 0 Å². The maximum absolute atomic E-state index is 12.9. The highest BCUT2D eigenvalue weighted by atomic mass is 19.1. The smallest absolute Gasteiger partial charge is 0.315 e. The van der Waals surface area contributed by atoms with E-state index in [9.17, 15) is 14.0 Å². The van der Waals surface area contributed by atoms with Gasteiger partial charge in [-0.15, -0.1) is 0 Å². The average Bonchev–Trinajstić information content (AvgIpc) is 3.20. The van der Waals surface area contributed by atoms with E-state index in [4.69, 9.17) is 9.47 Å². The van der Waals surface area contributed by atoms with Crippen molar-refractivity contribution in [3.05, 3.63) is 35.6 Å². The molecule has 0 spiro atoms. The van der Waals surface area contributed by atoms with Gasteiger partial charge in [-0.05, 0) is 37.0 Å². The van der Waals surface area contributed by atoms with Gasteiger partial charge in [-0.3, -0.25) is 4.79 Å². The number of hydrogen-bond acceptors (Lipinski definition) is 4. The van der Waals surface area contributed by atoms with Crippen LogP contribution in [0.4, 0.5) is 9.18 Å². The third kappa shape index (κ3) is 4.92. The lowest BCUT2D eigenvalue weighted by Gasteiger charge is -2.38. The van der Waals surface area contributed by atoms with Crippen molar-refractivity contribution in [1.29, 1.82) is 0 Å². The molecule has 3 rings (SSSR count). The number of carbonyl (C=O) groups is 2. The number of hydrogen-bond donors (Lipinski definition) is 2. The third-order valence-corrected chi connectivity index (χ3v) is 4.60. The van der Waals surface area contributed by atoms with Gasteiger partial charge >= 0.3 is 6.03 Å². The fourth-order valence-electron chi connectivity index (χ4n) is 3.25. The molecule has 2 saturated heterocycles. The SMILES string of the molecule is O=C(NCC(=O)N1CCCCC1C1OCCO1)NCc1ccc(F)cc1. The zero-order valence-corrected chi connectivity index (χ0v) is 14.6. The minimum Gasteiger partial charge on any atom is -0.348 e. The number of halogens is 1. The maximum atomic E-state index is 12.9. The van der Waals surface area contributed by atoms with Crippen LogP contribution in [0.25, 0.3) is 0 Å². The molecule has 1 aromatic rings. The van der Waals surface area contributed by atoms with Crippen molar-refractivity contribution >= 4 is 11.9 Å². The molecule has 26 heavy (non-hydrogen) atoms. The molecule has 0 aromatic heterocycles. The van der Waals surface area contributed by atoms with Crippen LogP contribution in [0.15, 0.2) is 24.3 Å². The Morgan fingerprint density at radius 3 is 2.58 bits per heavy atom. The summed E-state index contributed by atoms with van der Waals surface area (Å²) in [6, 6.07) is 5.33. The summed E-state index contributed by atoms with van der Waals surface area (Å²) in [6.07, 6.45) is 2.44. The van der Waals surface area contributed by atoms with E-state index in [0.29, 0.717) is 19.8 Å². The molecule has 7 nitrogen and oxygen atoms in total. The Kier molecular flexibility index (Phi) is 6.40. The Bertz CT molecular complexity index is 619. The molecular weight excluding hydrogens is 341 g/mol. The van der Waals surface area contributed by atoms with Crippen molar-refractivity contribution in [1.82, 2.24) is 15.5 Å². The maximum Gasteiger partial charge on any atom is 0.315 e. The van der Waals surface area contributed by atoms with E-state index in [0.717, 1.165) is 24.8 Å². The summed E-state index contributed by atoms with van der Waals surface area (Å²) in [4.78, 5) is 26.2. The van der Waals surface area contributed by atoms with Crippen LogP contribution in [-0.2, 0) is 20.8 Å². The minimum atomic E-state index is -0.440. The molecule has 2 N–H and O–H groups in total. The lowest BCUT2D eigenvalue weighted by Crippen LogP contribution is -2.53. The molecule has 0 radical (unpaired) electrons. The number of likely N-dealkylation sites (tertiary alicyclic amines) is 1. The number of nitrogens with zero attached hydrogens (tertiary/aromatic N) is 1. The molecule has 0 bridgehead atoms. The third-order valence-electron chi connectivity index (χ3n) is 4.60. The van der Waals surface area contributed by atoms with E-state index in [1.54, 1.807) is 17.0 Å². The van der Waals surface area contributed by atoms with Gasteiger partial charge in [-0.1, -0.05) is 12.1 Å². The Labute approximate surface area is 151 Å². The van der Waals surface area contributed by atoms with Crippen LogP contribution < -0.4 is 10.6 Å². The molecule has 0 aliphatic carbocycles. The fraction of sp³-hybridized carbons (Fsp3) is 0.556. The van der Waals surface area contributed by atoms with Crippen LogP contribution in [0.5, 0.6) is 0 Å². The lowest BCUT2D eigenvalue weighted by molar-refractivity contribution is -0.149. The van der Waals surface area contributed by atoms with Crippen molar-refractivity contribution in [2.75, 3.05) is 26.3 Å². The van der Waals surface area contributed by atoms with Gasteiger partial charge in [0.1, 0.15) is 5.82 Å². The van der Waals surface area contributed by atoms with E-state index in [1.165, 1.54) is 12.1 Å². The summed E-state index contributed by atoms with van der Waals surface area (Å²) in [6.45, 7) is 1.92. The molecule has 142 valence electrons. The molecule has 2 aliphatic rings. The predicted molar refractivity (Wildman–Crippen MR) is 91.7 cm³/mol. The Morgan fingerprint density at radius 1 is 1.12 bits per heavy atom. The van der Waals surface area contributed by atoms with Gasteiger partial charge in [0.15, 0.2) is 6.29 Å². The second kappa shape index (κ2) is 8.95. The van der Waals surface area contributed by atoms with Gasteiger partial charge < -0.3 is 25.0 Å². The second-order valence-corrected chi connectivity index (χ2v) is 6.42. The van der Waals surface area contributed by atoms with Gasteiger partial charge in [0.05, 0.1) is 25.8 Å². The summed E-state index contributed by atoms with van der Waals surface area (Å²) in [7, 11) is 0. The quantitative estimate of drug-likeness (QED) is 0.826. The molecule has 2 aliphatic heterocycles. The second-order valence-electron chi connectivity index (χ2n) is 6.42. The monoisotopic (exact) mass is 365 g/mol. The van der Waals surface area contributed by atoms with Crippen LogP contribution in [-0.4, -0.2) is 55.5 Å². The number of ether oxygens (including phenoxy) is 2. The summed E-state index contributed by atoms with van der Waals surface area (Å²) >= 11 is 0. The van der Waals surface area contributed by atoms with Gasteiger partial charge in [-0.2, -0.15) is 0 Å². The van der Waals surface area contributed by atoms with Crippen molar-refractivity contribution in [3.8, 4) is 0 Å². The first kappa shape index (κ1) is 18.6.